The van der Waals surface area contributed by atoms with E-state index in [1.165, 1.54) is 0 Å². The van der Waals surface area contributed by atoms with Gasteiger partial charge in [-0.05, 0) is 31.0 Å². The fraction of sp³-hybridized carbons (Fsp3) is 0.444. The molecule has 134 valence electrons. The summed E-state index contributed by atoms with van der Waals surface area (Å²) < 4.78 is 7.19. The molecule has 2 aromatic rings. The molecule has 1 aromatic carbocycles. The molecule has 7 nitrogen and oxygen atoms in total. The molecule has 3 rings (SSSR count). The number of methoxy groups -OCH3 is 1. The minimum Gasteiger partial charge on any atom is -0.495 e. The van der Waals surface area contributed by atoms with Crippen LogP contribution in [-0.4, -0.2) is 42.1 Å². The predicted molar refractivity (Wildman–Crippen MR) is 96.8 cm³/mol. The van der Waals surface area contributed by atoms with Crippen LogP contribution in [0, 0.1) is 0 Å². The van der Waals surface area contributed by atoms with Crippen LogP contribution in [0.1, 0.15) is 18.5 Å². The first-order valence-corrected chi connectivity index (χ1v) is 8.56. The quantitative estimate of drug-likeness (QED) is 0.870. The highest BCUT2D eigenvalue weighted by molar-refractivity contribution is 5.74. The largest absolute Gasteiger partial charge is 0.495 e. The number of carbonyl (C=O) groups excluding carboxylic acids is 1. The van der Waals surface area contributed by atoms with E-state index >= 15 is 0 Å². The van der Waals surface area contributed by atoms with Gasteiger partial charge in [-0.25, -0.2) is 4.79 Å². The van der Waals surface area contributed by atoms with Crippen molar-refractivity contribution in [2.75, 3.05) is 25.1 Å². The first-order chi connectivity index (χ1) is 12.2. The minimum absolute atomic E-state index is 0.128. The van der Waals surface area contributed by atoms with E-state index in [0.29, 0.717) is 6.54 Å². The summed E-state index contributed by atoms with van der Waals surface area (Å²) in [5.41, 5.74) is 2.09. The van der Waals surface area contributed by atoms with Gasteiger partial charge in [0.2, 0.25) is 0 Å². The number of nitrogens with one attached hydrogen (secondary N) is 2. The van der Waals surface area contributed by atoms with E-state index in [9.17, 15) is 4.79 Å². The zero-order chi connectivity index (χ0) is 17.6. The van der Waals surface area contributed by atoms with E-state index in [1.54, 1.807) is 18.0 Å². The molecule has 0 spiro atoms. The summed E-state index contributed by atoms with van der Waals surface area (Å²) in [4.78, 5) is 14.4. The second kappa shape index (κ2) is 7.92. The number of ether oxygens (including phenoxy) is 1. The average molecular weight is 343 g/mol. The van der Waals surface area contributed by atoms with Gasteiger partial charge in [-0.1, -0.05) is 12.1 Å². The van der Waals surface area contributed by atoms with Gasteiger partial charge in [0, 0.05) is 32.4 Å². The highest BCUT2D eigenvalue weighted by Crippen LogP contribution is 2.29. The van der Waals surface area contributed by atoms with Gasteiger partial charge in [0.15, 0.2) is 0 Å². The van der Waals surface area contributed by atoms with E-state index in [-0.39, 0.29) is 12.1 Å². The highest BCUT2D eigenvalue weighted by atomic mass is 16.5. The van der Waals surface area contributed by atoms with Gasteiger partial charge in [-0.15, -0.1) is 0 Å². The Morgan fingerprint density at radius 2 is 2.04 bits per heavy atom. The zero-order valence-corrected chi connectivity index (χ0v) is 14.7. The van der Waals surface area contributed by atoms with Crippen molar-refractivity contribution in [1.29, 1.82) is 0 Å². The van der Waals surface area contributed by atoms with Crippen molar-refractivity contribution in [3.8, 4) is 5.75 Å². The fourth-order valence-corrected chi connectivity index (χ4v) is 3.14. The van der Waals surface area contributed by atoms with Gasteiger partial charge >= 0.3 is 6.03 Å². The SMILES string of the molecule is COc1ccccc1N1CCC(NC(=O)NCc2ccnn2C)CC1. The van der Waals surface area contributed by atoms with Gasteiger partial charge in [0.05, 0.1) is 25.0 Å². The average Bonchev–Trinajstić information content (AvgIpc) is 3.05. The Hall–Kier alpha value is -2.70. The number of urea groups is 1. The summed E-state index contributed by atoms with van der Waals surface area (Å²) >= 11 is 0. The van der Waals surface area contributed by atoms with Crippen molar-refractivity contribution in [2.24, 2.45) is 7.05 Å². The van der Waals surface area contributed by atoms with Crippen LogP contribution in [0.4, 0.5) is 10.5 Å². The predicted octanol–water partition coefficient (Wildman–Crippen LogP) is 1.90. The molecule has 0 atom stereocenters. The molecule has 2 N–H and O–H groups in total. The standard InChI is InChI=1S/C18H25N5O2/c1-22-15(7-10-20-22)13-19-18(24)21-14-8-11-23(12-9-14)16-5-3-4-6-17(16)25-2/h3-7,10,14H,8-9,11-13H2,1-2H3,(H2,19,21,24). The highest BCUT2D eigenvalue weighted by Gasteiger charge is 2.22. The third-order valence-electron chi connectivity index (χ3n) is 4.61. The molecule has 1 aliphatic rings. The molecule has 1 aliphatic heterocycles. The summed E-state index contributed by atoms with van der Waals surface area (Å²) in [6.07, 6.45) is 3.55. The number of rotatable bonds is 5. The Balaban J connectivity index is 1.46. The van der Waals surface area contributed by atoms with Gasteiger partial charge in [-0.3, -0.25) is 4.68 Å². The first kappa shape index (κ1) is 17.1. The van der Waals surface area contributed by atoms with Crippen LogP contribution >= 0.6 is 0 Å². The zero-order valence-electron chi connectivity index (χ0n) is 14.7. The van der Waals surface area contributed by atoms with Gasteiger partial charge in [0.1, 0.15) is 5.75 Å². The lowest BCUT2D eigenvalue weighted by Gasteiger charge is -2.34. The second-order valence-electron chi connectivity index (χ2n) is 6.21. The summed E-state index contributed by atoms with van der Waals surface area (Å²) in [5, 5.41) is 10.0. The summed E-state index contributed by atoms with van der Waals surface area (Å²) in [6.45, 7) is 2.27. The number of hydrogen-bond donors (Lipinski definition) is 2. The Morgan fingerprint density at radius 3 is 2.72 bits per heavy atom. The molecule has 1 saturated heterocycles. The van der Waals surface area contributed by atoms with Crippen LogP contribution in [0.5, 0.6) is 5.75 Å². The van der Waals surface area contributed by atoms with Crippen molar-refractivity contribution >= 4 is 11.7 Å². The van der Waals surface area contributed by atoms with Crippen LogP contribution in [0.15, 0.2) is 36.5 Å². The third-order valence-corrected chi connectivity index (χ3v) is 4.61. The Morgan fingerprint density at radius 1 is 1.28 bits per heavy atom. The summed E-state index contributed by atoms with van der Waals surface area (Å²) in [6, 6.07) is 10.0. The molecule has 25 heavy (non-hydrogen) atoms. The molecule has 0 unspecified atom stereocenters. The van der Waals surface area contributed by atoms with Gasteiger partial charge in [-0.2, -0.15) is 5.10 Å². The number of para-hydroxylation sites is 2. The van der Waals surface area contributed by atoms with Crippen LogP contribution in [0.2, 0.25) is 0 Å². The molecule has 1 fully saturated rings. The fourth-order valence-electron chi connectivity index (χ4n) is 3.14. The molecule has 0 bridgehead atoms. The maximum Gasteiger partial charge on any atom is 0.315 e. The monoisotopic (exact) mass is 343 g/mol. The van der Waals surface area contributed by atoms with Crippen LogP contribution in [-0.2, 0) is 13.6 Å². The molecular weight excluding hydrogens is 318 g/mol. The lowest BCUT2D eigenvalue weighted by Crippen LogP contribution is -2.48. The number of carbonyl (C=O) groups is 1. The second-order valence-corrected chi connectivity index (χ2v) is 6.21. The molecule has 0 radical (unpaired) electrons. The van der Waals surface area contributed by atoms with Crippen LogP contribution in [0.3, 0.4) is 0 Å². The van der Waals surface area contributed by atoms with Crippen molar-refractivity contribution < 1.29 is 9.53 Å². The smallest absolute Gasteiger partial charge is 0.315 e. The summed E-state index contributed by atoms with van der Waals surface area (Å²) in [7, 11) is 3.56. The van der Waals surface area contributed by atoms with E-state index in [1.807, 2.05) is 31.3 Å². The maximum absolute atomic E-state index is 12.1. The van der Waals surface area contributed by atoms with Crippen molar-refractivity contribution in [1.82, 2.24) is 20.4 Å². The number of aromatic nitrogens is 2. The van der Waals surface area contributed by atoms with Crippen molar-refractivity contribution in [2.45, 2.75) is 25.4 Å². The Labute approximate surface area is 148 Å². The number of piperidine rings is 1. The van der Waals surface area contributed by atoms with Gasteiger partial charge in [0.25, 0.3) is 0 Å². The number of anilines is 1. The van der Waals surface area contributed by atoms with E-state index in [4.69, 9.17) is 4.74 Å². The van der Waals surface area contributed by atoms with Crippen molar-refractivity contribution in [3.63, 3.8) is 0 Å². The summed E-state index contributed by atoms with van der Waals surface area (Å²) in [5.74, 6) is 0.892. The lowest BCUT2D eigenvalue weighted by molar-refractivity contribution is 0.233. The third kappa shape index (κ3) is 4.23. The van der Waals surface area contributed by atoms with Crippen molar-refractivity contribution in [3.05, 3.63) is 42.2 Å². The number of hydrogen-bond acceptors (Lipinski definition) is 4. The van der Waals surface area contributed by atoms with Crippen LogP contribution < -0.4 is 20.3 Å². The molecule has 7 heteroatoms. The molecule has 2 amide bonds. The first-order valence-electron chi connectivity index (χ1n) is 8.56. The molecule has 0 saturated carbocycles. The topological polar surface area (TPSA) is 71.4 Å². The maximum atomic E-state index is 12.1. The normalized spacial score (nSPS) is 15.0. The molecule has 2 heterocycles. The molecule has 0 aliphatic carbocycles. The molecular formula is C18H25N5O2. The molecule has 1 aromatic heterocycles. The van der Waals surface area contributed by atoms with Gasteiger partial charge < -0.3 is 20.3 Å². The number of nitrogens with zero attached hydrogens (tertiary/aromatic N) is 3. The Bertz CT molecular complexity index is 707. The minimum atomic E-state index is -0.128. The number of benzene rings is 1. The number of amides is 2. The van der Waals surface area contributed by atoms with E-state index in [0.717, 1.165) is 43.1 Å². The van der Waals surface area contributed by atoms with E-state index in [2.05, 4.69) is 26.7 Å². The Kier molecular flexibility index (Phi) is 5.42. The number of aryl methyl sites for hydroxylation is 1. The van der Waals surface area contributed by atoms with Crippen LogP contribution in [0.25, 0.3) is 0 Å². The lowest BCUT2D eigenvalue weighted by atomic mass is 10.0. The van der Waals surface area contributed by atoms with E-state index < -0.39 is 0 Å².